The van der Waals surface area contributed by atoms with Gasteiger partial charge in [0.2, 0.25) is 0 Å². The van der Waals surface area contributed by atoms with Crippen LogP contribution >= 0.6 is 0 Å². The number of hydrogen-bond acceptors (Lipinski definition) is 5. The first-order valence-corrected chi connectivity index (χ1v) is 7.32. The van der Waals surface area contributed by atoms with Crippen LogP contribution in [0.4, 0.5) is 5.82 Å². The molecule has 0 unspecified atom stereocenters. The van der Waals surface area contributed by atoms with E-state index in [1.807, 2.05) is 24.3 Å². The second-order valence-corrected chi connectivity index (χ2v) is 6.29. The van der Waals surface area contributed by atoms with Gasteiger partial charge in [0.25, 0.3) is 0 Å². The molecule has 0 aliphatic carbocycles. The fourth-order valence-electron chi connectivity index (χ4n) is 3.16. The largest absolute Gasteiger partial charge is 0.388 e. The molecule has 1 aliphatic rings. The highest BCUT2D eigenvalue weighted by molar-refractivity contribution is 6.06. The van der Waals surface area contributed by atoms with E-state index in [2.05, 4.69) is 14.5 Å². The van der Waals surface area contributed by atoms with Gasteiger partial charge in [0.15, 0.2) is 5.82 Å². The predicted molar refractivity (Wildman–Crippen MR) is 84.4 cm³/mol. The van der Waals surface area contributed by atoms with Crippen molar-refractivity contribution >= 4 is 27.8 Å². The minimum atomic E-state index is -0.929. The molecule has 6 heteroatoms. The molecule has 22 heavy (non-hydrogen) atoms. The van der Waals surface area contributed by atoms with E-state index in [1.165, 1.54) is 0 Å². The molecular weight excluding hydrogens is 280 g/mol. The van der Waals surface area contributed by atoms with Crippen LogP contribution < -0.4 is 5.73 Å². The topological polar surface area (TPSA) is 86.2 Å². The second-order valence-electron chi connectivity index (χ2n) is 6.29. The van der Waals surface area contributed by atoms with Crippen LogP contribution in [-0.2, 0) is 11.3 Å². The second kappa shape index (κ2) is 4.41. The van der Waals surface area contributed by atoms with Gasteiger partial charge in [-0.1, -0.05) is 18.2 Å². The first-order valence-electron chi connectivity index (χ1n) is 7.32. The highest BCUT2D eigenvalue weighted by atomic mass is 16.5. The number of anilines is 1. The molecule has 0 saturated carbocycles. The van der Waals surface area contributed by atoms with E-state index < -0.39 is 5.60 Å². The summed E-state index contributed by atoms with van der Waals surface area (Å²) in [7, 11) is 0. The van der Waals surface area contributed by atoms with Crippen LogP contribution in [0.2, 0.25) is 0 Å². The first kappa shape index (κ1) is 13.5. The van der Waals surface area contributed by atoms with Crippen molar-refractivity contribution in [3.05, 3.63) is 30.1 Å². The monoisotopic (exact) mass is 298 g/mol. The number of nitrogens with two attached hydrogens (primary N) is 1. The SMILES string of the molecule is CC(C)(O)[C@H]1COCc2nc3c(N)nc4ccccc4c3n21. The molecule has 0 spiro atoms. The lowest BCUT2D eigenvalue weighted by Crippen LogP contribution is -2.39. The molecule has 6 nitrogen and oxygen atoms in total. The minimum absolute atomic E-state index is 0.216. The number of ether oxygens (including phenoxy) is 1. The van der Waals surface area contributed by atoms with Crippen molar-refractivity contribution < 1.29 is 9.84 Å². The molecule has 1 atom stereocenters. The molecule has 3 N–H and O–H groups in total. The summed E-state index contributed by atoms with van der Waals surface area (Å²) < 4.78 is 7.68. The van der Waals surface area contributed by atoms with E-state index >= 15 is 0 Å². The number of para-hydroxylation sites is 1. The number of aliphatic hydroxyl groups is 1. The predicted octanol–water partition coefficient (Wildman–Crippen LogP) is 2.01. The third-order valence-electron chi connectivity index (χ3n) is 4.26. The Kier molecular flexibility index (Phi) is 2.70. The Balaban J connectivity index is 2.16. The molecule has 1 aliphatic heterocycles. The number of aromatic nitrogens is 3. The van der Waals surface area contributed by atoms with E-state index in [-0.39, 0.29) is 6.04 Å². The van der Waals surface area contributed by atoms with Gasteiger partial charge in [-0.05, 0) is 19.9 Å². The molecule has 0 radical (unpaired) electrons. The number of imidazole rings is 1. The number of rotatable bonds is 1. The zero-order valence-corrected chi connectivity index (χ0v) is 12.6. The molecule has 4 rings (SSSR count). The summed E-state index contributed by atoms with van der Waals surface area (Å²) in [5.74, 6) is 1.18. The van der Waals surface area contributed by atoms with Crippen molar-refractivity contribution in [1.82, 2.24) is 14.5 Å². The van der Waals surface area contributed by atoms with Gasteiger partial charge in [-0.15, -0.1) is 0 Å². The smallest absolute Gasteiger partial charge is 0.152 e. The van der Waals surface area contributed by atoms with Crippen LogP contribution in [0.15, 0.2) is 24.3 Å². The maximum Gasteiger partial charge on any atom is 0.152 e. The van der Waals surface area contributed by atoms with Crippen molar-refractivity contribution in [2.45, 2.75) is 32.1 Å². The lowest BCUT2D eigenvalue weighted by Gasteiger charge is -2.35. The number of nitrogens with zero attached hydrogens (tertiary/aromatic N) is 3. The standard InChI is InChI=1S/C16H18N4O2/c1-16(2,21)11-7-22-8-12-19-13-14(20(11)12)9-5-3-4-6-10(9)18-15(13)17/h3-6,11,21H,7-8H2,1-2H3,(H2,17,18)/t11-/m1/s1. The van der Waals surface area contributed by atoms with Crippen molar-refractivity contribution in [3.63, 3.8) is 0 Å². The summed E-state index contributed by atoms with van der Waals surface area (Å²) in [5, 5.41) is 11.5. The van der Waals surface area contributed by atoms with Gasteiger partial charge < -0.3 is 20.1 Å². The van der Waals surface area contributed by atoms with E-state index in [1.54, 1.807) is 13.8 Å². The Labute approximate surface area is 127 Å². The van der Waals surface area contributed by atoms with Gasteiger partial charge in [-0.25, -0.2) is 9.97 Å². The number of benzene rings is 1. The van der Waals surface area contributed by atoms with Crippen LogP contribution in [0.5, 0.6) is 0 Å². The zero-order chi connectivity index (χ0) is 15.5. The van der Waals surface area contributed by atoms with Crippen LogP contribution in [0.25, 0.3) is 21.9 Å². The van der Waals surface area contributed by atoms with E-state index in [9.17, 15) is 5.11 Å². The van der Waals surface area contributed by atoms with Gasteiger partial charge in [0.1, 0.15) is 17.9 Å². The van der Waals surface area contributed by atoms with Gasteiger partial charge in [-0.2, -0.15) is 0 Å². The Bertz CT molecular complexity index is 879. The quantitative estimate of drug-likeness (QED) is 0.717. The van der Waals surface area contributed by atoms with Gasteiger partial charge in [-0.3, -0.25) is 0 Å². The van der Waals surface area contributed by atoms with Gasteiger partial charge in [0, 0.05) is 5.39 Å². The number of hydrogen-bond donors (Lipinski definition) is 2. The Hall–Kier alpha value is -2.18. The van der Waals surface area contributed by atoms with Crippen LogP contribution in [0, 0.1) is 0 Å². The Morgan fingerprint density at radius 3 is 2.86 bits per heavy atom. The Morgan fingerprint density at radius 1 is 1.32 bits per heavy atom. The molecule has 3 aromatic rings. The van der Waals surface area contributed by atoms with Crippen molar-refractivity contribution in [2.24, 2.45) is 0 Å². The molecule has 0 saturated heterocycles. The first-order chi connectivity index (χ1) is 10.5. The fourth-order valence-corrected chi connectivity index (χ4v) is 3.16. The summed E-state index contributed by atoms with van der Waals surface area (Å²) in [6.07, 6.45) is 0. The van der Waals surface area contributed by atoms with Gasteiger partial charge >= 0.3 is 0 Å². The number of pyridine rings is 1. The highest BCUT2D eigenvalue weighted by Gasteiger charge is 2.35. The average Bonchev–Trinajstić information content (AvgIpc) is 2.86. The molecule has 0 amide bonds. The van der Waals surface area contributed by atoms with E-state index in [0.717, 1.165) is 22.2 Å². The van der Waals surface area contributed by atoms with Crippen LogP contribution in [0.3, 0.4) is 0 Å². The highest BCUT2D eigenvalue weighted by Crippen LogP contribution is 2.36. The Morgan fingerprint density at radius 2 is 2.09 bits per heavy atom. The lowest BCUT2D eigenvalue weighted by molar-refractivity contribution is -0.0452. The third kappa shape index (κ3) is 1.81. The average molecular weight is 298 g/mol. The summed E-state index contributed by atoms with van der Waals surface area (Å²) in [6, 6.07) is 7.63. The molecule has 3 heterocycles. The van der Waals surface area contributed by atoms with E-state index in [0.29, 0.717) is 24.5 Å². The normalized spacial score (nSPS) is 18.8. The molecule has 0 fully saturated rings. The number of nitrogen functional groups attached to an aromatic ring is 1. The van der Waals surface area contributed by atoms with Crippen molar-refractivity contribution in [1.29, 1.82) is 0 Å². The lowest BCUT2D eigenvalue weighted by atomic mass is 9.98. The zero-order valence-electron chi connectivity index (χ0n) is 12.6. The van der Waals surface area contributed by atoms with E-state index in [4.69, 9.17) is 10.5 Å². The molecule has 1 aromatic carbocycles. The summed E-state index contributed by atoms with van der Waals surface area (Å²) in [6.45, 7) is 4.43. The maximum atomic E-state index is 10.5. The minimum Gasteiger partial charge on any atom is -0.388 e. The van der Waals surface area contributed by atoms with Crippen molar-refractivity contribution in [3.8, 4) is 0 Å². The summed E-state index contributed by atoms with van der Waals surface area (Å²) in [5.41, 5.74) is 7.60. The maximum absolute atomic E-state index is 10.5. The van der Waals surface area contributed by atoms with Crippen LogP contribution in [-0.4, -0.2) is 31.8 Å². The molecule has 0 bridgehead atoms. The molecular formula is C16H18N4O2. The van der Waals surface area contributed by atoms with Gasteiger partial charge in [0.05, 0.1) is 29.3 Å². The number of fused-ring (bicyclic) bond motifs is 5. The fraction of sp³-hybridized carbons (Fsp3) is 0.375. The molecule has 2 aromatic heterocycles. The summed E-state index contributed by atoms with van der Waals surface area (Å²) >= 11 is 0. The summed E-state index contributed by atoms with van der Waals surface area (Å²) in [4.78, 5) is 9.04. The third-order valence-corrected chi connectivity index (χ3v) is 4.26. The van der Waals surface area contributed by atoms with Crippen molar-refractivity contribution in [2.75, 3.05) is 12.3 Å². The van der Waals surface area contributed by atoms with Crippen LogP contribution in [0.1, 0.15) is 25.7 Å². The molecule has 114 valence electrons.